The van der Waals surface area contributed by atoms with Crippen molar-refractivity contribution in [3.8, 4) is 0 Å². The third-order valence-corrected chi connectivity index (χ3v) is 5.64. The van der Waals surface area contributed by atoms with Crippen LogP contribution in [0.25, 0.3) is 5.65 Å². The molecule has 8 heteroatoms. The first kappa shape index (κ1) is 20.5. The molecule has 0 aromatic carbocycles. The third-order valence-electron chi connectivity index (χ3n) is 5.64. The summed E-state index contributed by atoms with van der Waals surface area (Å²) in [5, 5.41) is 0. The predicted molar refractivity (Wildman–Crippen MR) is 118 cm³/mol. The lowest BCUT2D eigenvalue weighted by molar-refractivity contribution is 0.0256. The van der Waals surface area contributed by atoms with Crippen molar-refractivity contribution >= 4 is 11.5 Å². The van der Waals surface area contributed by atoms with Crippen LogP contribution < -0.4 is 4.90 Å². The Morgan fingerprint density at radius 1 is 0.969 bits per heavy atom. The van der Waals surface area contributed by atoms with Gasteiger partial charge in [-0.1, -0.05) is 0 Å². The van der Waals surface area contributed by atoms with Crippen molar-refractivity contribution < 1.29 is 8.78 Å². The molecule has 0 N–H and O–H groups in total. The molecule has 0 aliphatic carbocycles. The fourth-order valence-electron chi connectivity index (χ4n) is 4.25. The molecule has 0 amide bonds. The molecule has 1 saturated heterocycles. The van der Waals surface area contributed by atoms with Gasteiger partial charge in [0.05, 0.1) is 18.7 Å². The fraction of sp³-hybridized carbons (Fsp3) is 0.333. The molecule has 164 valence electrons. The van der Waals surface area contributed by atoms with Gasteiger partial charge in [0.15, 0.2) is 0 Å². The van der Waals surface area contributed by atoms with E-state index in [2.05, 4.69) is 15.0 Å². The Morgan fingerprint density at radius 2 is 1.81 bits per heavy atom. The summed E-state index contributed by atoms with van der Waals surface area (Å²) in [6, 6.07) is 9.89. The number of anilines is 1. The standard InChI is InChI=1S/C24H24F2N6/c1-16-9-17(2)28-19(10-16)13-21-29-20(11-18-3-6-31-8-5-27-22(31)12-18)14-23(30-21)32-7-4-24(25,26)15-32/h3,5-6,8-10,12,14H,4,7,11,13,15H2,1-2H3. The van der Waals surface area contributed by atoms with Crippen LogP contribution in [0.1, 0.15) is 40.5 Å². The summed E-state index contributed by atoms with van der Waals surface area (Å²) in [6.45, 7) is 3.95. The molecule has 0 saturated carbocycles. The Morgan fingerprint density at radius 3 is 2.59 bits per heavy atom. The molecule has 4 aromatic heterocycles. The van der Waals surface area contributed by atoms with Gasteiger partial charge in [-0.25, -0.2) is 23.7 Å². The van der Waals surface area contributed by atoms with Gasteiger partial charge in [-0.2, -0.15) is 0 Å². The third kappa shape index (κ3) is 4.44. The Balaban J connectivity index is 1.49. The summed E-state index contributed by atoms with van der Waals surface area (Å²) in [5.41, 5.74) is 5.63. The van der Waals surface area contributed by atoms with E-state index >= 15 is 0 Å². The van der Waals surface area contributed by atoms with Gasteiger partial charge < -0.3 is 9.30 Å². The highest BCUT2D eigenvalue weighted by molar-refractivity contribution is 5.45. The number of imidazole rings is 1. The van der Waals surface area contributed by atoms with Gasteiger partial charge in [0.25, 0.3) is 5.92 Å². The monoisotopic (exact) mass is 434 g/mol. The second-order valence-electron chi connectivity index (χ2n) is 8.52. The number of halogens is 2. The molecule has 32 heavy (non-hydrogen) atoms. The molecule has 5 heterocycles. The van der Waals surface area contributed by atoms with Crippen molar-refractivity contribution in [2.24, 2.45) is 0 Å². The number of hydrogen-bond donors (Lipinski definition) is 0. The Hall–Kier alpha value is -3.42. The van der Waals surface area contributed by atoms with E-state index in [4.69, 9.17) is 4.98 Å². The number of alkyl halides is 2. The van der Waals surface area contributed by atoms with E-state index in [-0.39, 0.29) is 19.5 Å². The molecule has 0 bridgehead atoms. The molecule has 0 atom stereocenters. The van der Waals surface area contributed by atoms with Gasteiger partial charge in [0, 0.05) is 55.4 Å². The van der Waals surface area contributed by atoms with E-state index in [1.54, 1.807) is 11.1 Å². The molecular weight excluding hydrogens is 410 g/mol. The summed E-state index contributed by atoms with van der Waals surface area (Å²) in [5.74, 6) is -1.55. The highest BCUT2D eigenvalue weighted by Gasteiger charge is 2.39. The lowest BCUT2D eigenvalue weighted by Crippen LogP contribution is -2.26. The van der Waals surface area contributed by atoms with Crippen LogP contribution in [-0.2, 0) is 12.8 Å². The van der Waals surface area contributed by atoms with Crippen LogP contribution in [0.5, 0.6) is 0 Å². The zero-order valence-corrected chi connectivity index (χ0v) is 18.1. The quantitative estimate of drug-likeness (QED) is 0.472. The van der Waals surface area contributed by atoms with Crippen molar-refractivity contribution in [3.05, 3.63) is 83.0 Å². The molecule has 0 unspecified atom stereocenters. The highest BCUT2D eigenvalue weighted by Crippen LogP contribution is 2.30. The average molecular weight is 434 g/mol. The second-order valence-corrected chi connectivity index (χ2v) is 8.52. The lowest BCUT2D eigenvalue weighted by atomic mass is 10.1. The van der Waals surface area contributed by atoms with Crippen molar-refractivity contribution in [1.29, 1.82) is 0 Å². The number of aromatic nitrogens is 5. The van der Waals surface area contributed by atoms with Gasteiger partial charge in [0.1, 0.15) is 17.3 Å². The minimum atomic E-state index is -2.69. The minimum absolute atomic E-state index is 0.156. The molecule has 6 nitrogen and oxygen atoms in total. The van der Waals surface area contributed by atoms with E-state index in [9.17, 15) is 8.78 Å². The topological polar surface area (TPSA) is 59.2 Å². The van der Waals surface area contributed by atoms with Crippen LogP contribution >= 0.6 is 0 Å². The summed E-state index contributed by atoms with van der Waals surface area (Å²) >= 11 is 0. The van der Waals surface area contributed by atoms with Crippen LogP contribution in [-0.4, -0.2) is 43.3 Å². The molecule has 1 fully saturated rings. The van der Waals surface area contributed by atoms with E-state index < -0.39 is 5.92 Å². The SMILES string of the molecule is Cc1cc(C)nc(Cc2nc(Cc3ccn4ccnc4c3)cc(N3CCC(F)(F)C3)n2)c1. The Kier molecular flexibility index (Phi) is 5.07. The maximum absolute atomic E-state index is 13.9. The number of pyridine rings is 2. The average Bonchev–Trinajstić information content (AvgIpc) is 3.32. The number of aryl methyl sites for hydroxylation is 2. The minimum Gasteiger partial charge on any atom is -0.350 e. The fourth-order valence-corrected chi connectivity index (χ4v) is 4.25. The lowest BCUT2D eigenvalue weighted by Gasteiger charge is -2.19. The molecule has 0 spiro atoms. The Labute approximate surface area is 185 Å². The van der Waals surface area contributed by atoms with Gasteiger partial charge in [0.2, 0.25) is 0 Å². The second kappa shape index (κ2) is 7.93. The number of fused-ring (bicyclic) bond motifs is 1. The van der Waals surface area contributed by atoms with Crippen molar-refractivity contribution in [3.63, 3.8) is 0 Å². The molecule has 1 aliphatic rings. The molecule has 1 aliphatic heterocycles. The van der Waals surface area contributed by atoms with Crippen molar-refractivity contribution in [2.45, 2.75) is 39.0 Å². The summed E-state index contributed by atoms with van der Waals surface area (Å²) < 4.78 is 29.7. The summed E-state index contributed by atoms with van der Waals surface area (Å²) in [4.78, 5) is 20.0. The van der Waals surface area contributed by atoms with Crippen LogP contribution in [0.4, 0.5) is 14.6 Å². The van der Waals surface area contributed by atoms with Gasteiger partial charge in [-0.3, -0.25) is 4.98 Å². The van der Waals surface area contributed by atoms with Crippen molar-refractivity contribution in [2.75, 3.05) is 18.0 Å². The van der Waals surface area contributed by atoms with Gasteiger partial charge in [-0.05, 0) is 49.2 Å². The molecule has 0 radical (unpaired) electrons. The van der Waals surface area contributed by atoms with Crippen LogP contribution in [0, 0.1) is 13.8 Å². The summed E-state index contributed by atoms with van der Waals surface area (Å²) in [7, 11) is 0. The molecule has 4 aromatic rings. The van der Waals surface area contributed by atoms with Gasteiger partial charge >= 0.3 is 0 Å². The normalized spacial score (nSPS) is 15.6. The van der Waals surface area contributed by atoms with Crippen LogP contribution in [0.2, 0.25) is 0 Å². The van der Waals surface area contributed by atoms with E-state index in [1.807, 2.05) is 61.0 Å². The highest BCUT2D eigenvalue weighted by atomic mass is 19.3. The maximum atomic E-state index is 13.9. The zero-order chi connectivity index (χ0) is 22.3. The van der Waals surface area contributed by atoms with E-state index in [1.165, 1.54) is 0 Å². The first-order chi connectivity index (χ1) is 15.3. The smallest absolute Gasteiger partial charge is 0.266 e. The first-order valence-corrected chi connectivity index (χ1v) is 10.7. The van der Waals surface area contributed by atoms with Crippen LogP contribution in [0.15, 0.2) is 48.9 Å². The Bertz CT molecular complexity index is 1260. The zero-order valence-electron chi connectivity index (χ0n) is 18.1. The number of nitrogens with zero attached hydrogens (tertiary/aromatic N) is 6. The summed E-state index contributed by atoms with van der Waals surface area (Å²) in [6.07, 6.45) is 6.47. The first-order valence-electron chi connectivity index (χ1n) is 10.7. The predicted octanol–water partition coefficient (Wildman–Crippen LogP) is 4.16. The number of rotatable bonds is 5. The van der Waals surface area contributed by atoms with Gasteiger partial charge in [-0.15, -0.1) is 0 Å². The molecular formula is C24H24F2N6. The van der Waals surface area contributed by atoms with Crippen LogP contribution in [0.3, 0.4) is 0 Å². The largest absolute Gasteiger partial charge is 0.350 e. The number of hydrogen-bond acceptors (Lipinski definition) is 5. The molecule has 5 rings (SSSR count). The van der Waals surface area contributed by atoms with E-state index in [0.29, 0.717) is 24.5 Å². The van der Waals surface area contributed by atoms with E-state index in [0.717, 1.165) is 33.9 Å². The van der Waals surface area contributed by atoms with Crippen molar-refractivity contribution in [1.82, 2.24) is 24.3 Å². The maximum Gasteiger partial charge on any atom is 0.266 e.